The van der Waals surface area contributed by atoms with E-state index in [1.54, 1.807) is 18.2 Å². The van der Waals surface area contributed by atoms with E-state index >= 15 is 0 Å². The molecule has 0 atom stereocenters. The second-order valence-electron chi connectivity index (χ2n) is 4.61. The normalized spacial score (nSPS) is 11.1. The predicted octanol–water partition coefficient (Wildman–Crippen LogP) is 3.84. The number of carbonyl (C=O) groups is 1. The van der Waals surface area contributed by atoms with Gasteiger partial charge in [0, 0.05) is 6.20 Å². The van der Waals surface area contributed by atoms with Crippen molar-refractivity contribution >= 4 is 28.6 Å². The summed E-state index contributed by atoms with van der Waals surface area (Å²) in [7, 11) is 0. The molecule has 0 amide bonds. The van der Waals surface area contributed by atoms with Crippen molar-refractivity contribution in [3.8, 4) is 0 Å². The number of rotatable bonds is 4. The van der Waals surface area contributed by atoms with Crippen LogP contribution in [0.1, 0.15) is 22.7 Å². The summed E-state index contributed by atoms with van der Waals surface area (Å²) in [6, 6.07) is 9.35. The molecule has 0 radical (unpaired) electrons. The zero-order valence-electron chi connectivity index (χ0n) is 11.6. The van der Waals surface area contributed by atoms with Crippen molar-refractivity contribution < 1.29 is 18.3 Å². The monoisotopic (exact) mass is 337 g/mol. The Morgan fingerprint density at radius 2 is 2.04 bits per heavy atom. The minimum atomic E-state index is -2.78. The summed E-state index contributed by atoms with van der Waals surface area (Å²) in [6.45, 7) is -3.16. The molecule has 0 aliphatic rings. The van der Waals surface area contributed by atoms with Gasteiger partial charge in [0.15, 0.2) is 5.82 Å². The molecular formula is C15H10ClF2N3O2. The third-order valence-corrected chi connectivity index (χ3v) is 3.38. The van der Waals surface area contributed by atoms with Crippen molar-refractivity contribution in [2.45, 2.75) is 13.2 Å². The molecule has 1 aromatic carbocycles. The highest BCUT2D eigenvalue weighted by Gasteiger charge is 2.19. The van der Waals surface area contributed by atoms with Crippen LogP contribution in [-0.2, 0) is 11.3 Å². The van der Waals surface area contributed by atoms with Gasteiger partial charge in [-0.25, -0.2) is 14.8 Å². The lowest BCUT2D eigenvalue weighted by Gasteiger charge is -2.08. The van der Waals surface area contributed by atoms with Gasteiger partial charge in [-0.1, -0.05) is 23.7 Å². The summed E-state index contributed by atoms with van der Waals surface area (Å²) >= 11 is 5.63. The lowest BCUT2D eigenvalue weighted by Crippen LogP contribution is -2.10. The fourth-order valence-corrected chi connectivity index (χ4v) is 2.24. The molecule has 0 fully saturated rings. The molecule has 0 saturated carbocycles. The number of benzene rings is 1. The molecule has 2 aromatic heterocycles. The first-order valence-electron chi connectivity index (χ1n) is 6.59. The van der Waals surface area contributed by atoms with Crippen molar-refractivity contribution in [3.63, 3.8) is 0 Å². The smallest absolute Gasteiger partial charge is 0.340 e. The van der Waals surface area contributed by atoms with Crippen LogP contribution in [0.2, 0.25) is 5.15 Å². The number of halogens is 3. The Hall–Kier alpha value is -2.54. The molecule has 23 heavy (non-hydrogen) atoms. The van der Waals surface area contributed by atoms with Crippen molar-refractivity contribution in [1.82, 2.24) is 14.5 Å². The molecule has 5 nitrogen and oxygen atoms in total. The van der Waals surface area contributed by atoms with Gasteiger partial charge < -0.3 is 4.74 Å². The molecule has 0 bridgehead atoms. The number of hydrogen-bond donors (Lipinski definition) is 0. The van der Waals surface area contributed by atoms with E-state index < -0.39 is 12.5 Å². The molecule has 8 heteroatoms. The van der Waals surface area contributed by atoms with Crippen molar-refractivity contribution in [2.24, 2.45) is 0 Å². The fourth-order valence-electron chi connectivity index (χ4n) is 2.12. The summed E-state index contributed by atoms with van der Waals surface area (Å²) in [5.41, 5.74) is 0.864. The van der Waals surface area contributed by atoms with E-state index in [4.69, 9.17) is 16.3 Å². The molecule has 0 spiro atoms. The topological polar surface area (TPSA) is 57.0 Å². The van der Waals surface area contributed by atoms with Gasteiger partial charge >= 0.3 is 12.5 Å². The summed E-state index contributed by atoms with van der Waals surface area (Å²) in [5.74, 6) is -0.724. The predicted molar refractivity (Wildman–Crippen MR) is 79.4 cm³/mol. The van der Waals surface area contributed by atoms with Gasteiger partial charge in [0.1, 0.15) is 11.8 Å². The Morgan fingerprint density at radius 3 is 2.74 bits per heavy atom. The first-order valence-corrected chi connectivity index (χ1v) is 6.97. The molecule has 0 aliphatic heterocycles. The first-order chi connectivity index (χ1) is 11.1. The Balaban J connectivity index is 1.83. The highest BCUT2D eigenvalue weighted by Crippen LogP contribution is 2.23. The number of nitrogens with zero attached hydrogens (tertiary/aromatic N) is 3. The van der Waals surface area contributed by atoms with E-state index in [0.717, 1.165) is 4.57 Å². The van der Waals surface area contributed by atoms with Crippen LogP contribution in [0, 0.1) is 0 Å². The second-order valence-corrected chi connectivity index (χ2v) is 5.00. The van der Waals surface area contributed by atoms with Gasteiger partial charge in [0.05, 0.1) is 16.6 Å². The number of fused-ring (bicyclic) bond motifs is 1. The van der Waals surface area contributed by atoms with Crippen LogP contribution in [0.3, 0.4) is 0 Å². The highest BCUT2D eigenvalue weighted by atomic mass is 35.5. The van der Waals surface area contributed by atoms with Crippen molar-refractivity contribution in [3.05, 3.63) is 59.1 Å². The average Bonchev–Trinajstić information content (AvgIpc) is 2.91. The van der Waals surface area contributed by atoms with E-state index in [2.05, 4.69) is 9.97 Å². The molecule has 3 rings (SSSR count). The number of imidazole rings is 1. The Morgan fingerprint density at radius 1 is 1.26 bits per heavy atom. The summed E-state index contributed by atoms with van der Waals surface area (Å²) < 4.78 is 32.3. The number of ether oxygens (including phenoxy) is 1. The van der Waals surface area contributed by atoms with E-state index in [-0.39, 0.29) is 28.7 Å². The number of pyridine rings is 1. The van der Waals surface area contributed by atoms with Crippen LogP contribution < -0.4 is 0 Å². The van der Waals surface area contributed by atoms with E-state index in [9.17, 15) is 13.6 Å². The molecule has 0 aliphatic carbocycles. The maximum Gasteiger partial charge on any atom is 0.340 e. The Kier molecular flexibility index (Phi) is 4.20. The van der Waals surface area contributed by atoms with Crippen molar-refractivity contribution in [1.29, 1.82) is 0 Å². The molecular weight excluding hydrogens is 328 g/mol. The summed E-state index contributed by atoms with van der Waals surface area (Å²) in [4.78, 5) is 19.7. The van der Waals surface area contributed by atoms with Gasteiger partial charge in [-0.15, -0.1) is 0 Å². The SMILES string of the molecule is O=C(OCc1nc2ccccc2n1C(F)F)c1ccc(Cl)nc1. The minimum absolute atomic E-state index is 0.0310. The van der Waals surface area contributed by atoms with Crippen LogP contribution in [0.15, 0.2) is 42.6 Å². The van der Waals surface area contributed by atoms with Gasteiger partial charge in [0.2, 0.25) is 0 Å². The number of carbonyl (C=O) groups excluding carboxylic acids is 1. The lowest BCUT2D eigenvalue weighted by atomic mass is 10.3. The van der Waals surface area contributed by atoms with Crippen LogP contribution in [0.5, 0.6) is 0 Å². The number of aromatic nitrogens is 3. The third-order valence-electron chi connectivity index (χ3n) is 3.16. The maximum atomic E-state index is 13.2. The average molecular weight is 338 g/mol. The van der Waals surface area contributed by atoms with Gasteiger partial charge in [-0.2, -0.15) is 8.78 Å². The fraction of sp³-hybridized carbons (Fsp3) is 0.133. The molecule has 118 valence electrons. The Bertz CT molecular complexity index is 850. The van der Waals surface area contributed by atoms with Crippen molar-refractivity contribution in [2.75, 3.05) is 0 Å². The molecule has 3 aromatic rings. The summed E-state index contributed by atoms with van der Waals surface area (Å²) in [6.07, 6.45) is 1.25. The zero-order chi connectivity index (χ0) is 16.4. The number of alkyl halides is 2. The van der Waals surface area contributed by atoms with E-state index in [0.29, 0.717) is 5.52 Å². The molecule has 0 unspecified atom stereocenters. The van der Waals surface area contributed by atoms with Crippen LogP contribution >= 0.6 is 11.6 Å². The molecule has 2 heterocycles. The second kappa shape index (κ2) is 6.29. The number of esters is 1. The van der Waals surface area contributed by atoms with Gasteiger partial charge in [0.25, 0.3) is 0 Å². The van der Waals surface area contributed by atoms with Crippen LogP contribution in [-0.4, -0.2) is 20.5 Å². The largest absolute Gasteiger partial charge is 0.454 e. The molecule has 0 N–H and O–H groups in total. The quantitative estimate of drug-likeness (QED) is 0.536. The van der Waals surface area contributed by atoms with Gasteiger partial charge in [-0.05, 0) is 24.3 Å². The summed E-state index contributed by atoms with van der Waals surface area (Å²) in [5, 5.41) is 0.237. The van der Waals surface area contributed by atoms with Crippen LogP contribution in [0.25, 0.3) is 11.0 Å². The first kappa shape index (κ1) is 15.4. The Labute approximate surface area is 134 Å². The third kappa shape index (κ3) is 3.14. The number of hydrogen-bond acceptors (Lipinski definition) is 4. The zero-order valence-corrected chi connectivity index (χ0v) is 12.4. The lowest BCUT2D eigenvalue weighted by molar-refractivity contribution is 0.0387. The van der Waals surface area contributed by atoms with E-state index in [1.807, 2.05) is 0 Å². The minimum Gasteiger partial charge on any atom is -0.454 e. The highest BCUT2D eigenvalue weighted by molar-refractivity contribution is 6.29. The number of para-hydroxylation sites is 2. The molecule has 0 saturated heterocycles. The standard InChI is InChI=1S/C15H10ClF2N3O2/c16-12-6-5-9(7-19-12)14(22)23-8-13-20-10-3-1-2-4-11(10)21(13)15(17)18/h1-7,15H,8H2. The van der Waals surface area contributed by atoms with Gasteiger partial charge in [-0.3, -0.25) is 4.57 Å². The van der Waals surface area contributed by atoms with Crippen LogP contribution in [0.4, 0.5) is 8.78 Å². The van der Waals surface area contributed by atoms with E-state index in [1.165, 1.54) is 24.4 Å². The maximum absolute atomic E-state index is 13.2.